The molecule has 0 bridgehead atoms. The molecular weight excluding hydrogens is 257 g/mol. The highest BCUT2D eigenvalue weighted by molar-refractivity contribution is 5.96. The van der Waals surface area contributed by atoms with E-state index < -0.39 is 17.6 Å². The number of aromatic nitrogens is 2. The normalized spacial score (nSPS) is 11.6. The van der Waals surface area contributed by atoms with Crippen LogP contribution in [0.2, 0.25) is 0 Å². The van der Waals surface area contributed by atoms with E-state index in [1.807, 2.05) is 0 Å². The van der Waals surface area contributed by atoms with E-state index in [2.05, 4.69) is 5.10 Å². The lowest BCUT2D eigenvalue weighted by atomic mass is 10.1. The van der Waals surface area contributed by atoms with Gasteiger partial charge < -0.3 is 0 Å². The van der Waals surface area contributed by atoms with E-state index in [-0.39, 0.29) is 5.56 Å². The van der Waals surface area contributed by atoms with E-state index in [9.17, 15) is 18.0 Å². The first-order valence-corrected chi connectivity index (χ1v) is 5.54. The fraction of sp³-hybridized carbons (Fsp3) is 0.231. The summed E-state index contributed by atoms with van der Waals surface area (Å²) in [5, 5.41) is 3.96. The average Bonchev–Trinajstić information content (AvgIpc) is 2.66. The van der Waals surface area contributed by atoms with Crippen molar-refractivity contribution in [1.29, 1.82) is 0 Å². The van der Waals surface area contributed by atoms with Gasteiger partial charge in [-0.15, -0.1) is 0 Å². The molecule has 100 valence electrons. The Labute approximate surface area is 107 Å². The Morgan fingerprint density at radius 3 is 2.42 bits per heavy atom. The maximum Gasteiger partial charge on any atom is 0.416 e. The molecule has 2 rings (SSSR count). The molecule has 0 saturated heterocycles. The minimum absolute atomic E-state index is 0.0407. The van der Waals surface area contributed by atoms with Gasteiger partial charge in [-0.3, -0.25) is 4.79 Å². The zero-order valence-corrected chi connectivity index (χ0v) is 10.3. The predicted molar refractivity (Wildman–Crippen MR) is 62.9 cm³/mol. The van der Waals surface area contributed by atoms with Gasteiger partial charge in [0.15, 0.2) is 0 Å². The van der Waals surface area contributed by atoms with E-state index in [1.54, 1.807) is 19.9 Å². The van der Waals surface area contributed by atoms with Crippen LogP contribution in [0, 0.1) is 13.8 Å². The van der Waals surface area contributed by atoms with E-state index in [4.69, 9.17) is 0 Å². The maximum absolute atomic E-state index is 12.6. The fourth-order valence-electron chi connectivity index (χ4n) is 1.79. The summed E-state index contributed by atoms with van der Waals surface area (Å²) in [5.74, 6) is -0.572. The molecule has 1 aromatic carbocycles. The molecule has 19 heavy (non-hydrogen) atoms. The van der Waals surface area contributed by atoms with Gasteiger partial charge in [0.05, 0.1) is 11.3 Å². The third-order valence-corrected chi connectivity index (χ3v) is 2.64. The predicted octanol–water partition coefficient (Wildman–Crippen LogP) is 3.21. The highest BCUT2D eigenvalue weighted by Gasteiger charge is 2.31. The molecule has 1 heterocycles. The van der Waals surface area contributed by atoms with Crippen LogP contribution in [0.5, 0.6) is 0 Å². The van der Waals surface area contributed by atoms with Gasteiger partial charge >= 0.3 is 6.18 Å². The Kier molecular flexibility index (Phi) is 3.18. The molecule has 0 fully saturated rings. The van der Waals surface area contributed by atoms with Gasteiger partial charge in [0.2, 0.25) is 0 Å². The smallest absolute Gasteiger partial charge is 0.267 e. The number of carbonyl (C=O) groups is 1. The van der Waals surface area contributed by atoms with Crippen molar-refractivity contribution < 1.29 is 18.0 Å². The van der Waals surface area contributed by atoms with E-state index in [0.717, 1.165) is 16.8 Å². The summed E-state index contributed by atoms with van der Waals surface area (Å²) in [7, 11) is 0. The Bertz CT molecular complexity index is 629. The van der Waals surface area contributed by atoms with Gasteiger partial charge in [0.1, 0.15) is 0 Å². The summed E-state index contributed by atoms with van der Waals surface area (Å²) in [6, 6.07) is 6.00. The van der Waals surface area contributed by atoms with Crippen molar-refractivity contribution in [3.05, 3.63) is 52.8 Å². The van der Waals surface area contributed by atoms with Gasteiger partial charge in [-0.2, -0.15) is 18.3 Å². The SMILES string of the molecule is Cc1cc(C)n(C(=O)c2cccc(C(F)(F)F)c2)n1. The van der Waals surface area contributed by atoms with Crippen LogP contribution in [0.3, 0.4) is 0 Å². The lowest BCUT2D eigenvalue weighted by Gasteiger charge is -2.08. The zero-order chi connectivity index (χ0) is 14.2. The Morgan fingerprint density at radius 2 is 1.89 bits per heavy atom. The number of rotatable bonds is 1. The molecule has 0 radical (unpaired) electrons. The topological polar surface area (TPSA) is 34.9 Å². The molecule has 6 heteroatoms. The first kappa shape index (κ1) is 13.3. The highest BCUT2D eigenvalue weighted by Crippen LogP contribution is 2.29. The van der Waals surface area contributed by atoms with Crippen molar-refractivity contribution in [2.45, 2.75) is 20.0 Å². The lowest BCUT2D eigenvalue weighted by molar-refractivity contribution is -0.137. The summed E-state index contributed by atoms with van der Waals surface area (Å²) < 4.78 is 38.9. The molecule has 3 nitrogen and oxygen atoms in total. The third-order valence-electron chi connectivity index (χ3n) is 2.64. The minimum atomic E-state index is -4.47. The molecule has 0 aliphatic rings. The second-order valence-electron chi connectivity index (χ2n) is 4.22. The Hall–Kier alpha value is -2.11. The second kappa shape index (κ2) is 4.53. The summed E-state index contributed by atoms with van der Waals surface area (Å²) in [6.45, 7) is 3.38. The van der Waals surface area contributed by atoms with Crippen molar-refractivity contribution in [2.24, 2.45) is 0 Å². The summed E-state index contributed by atoms with van der Waals surface area (Å²) in [5.41, 5.74) is 0.332. The summed E-state index contributed by atoms with van der Waals surface area (Å²) >= 11 is 0. The number of alkyl halides is 3. The van der Waals surface area contributed by atoms with Crippen molar-refractivity contribution in [1.82, 2.24) is 9.78 Å². The van der Waals surface area contributed by atoms with Crippen LogP contribution in [-0.2, 0) is 6.18 Å². The summed E-state index contributed by atoms with van der Waals surface area (Å²) in [6.07, 6.45) is -4.47. The molecule has 0 atom stereocenters. The monoisotopic (exact) mass is 268 g/mol. The minimum Gasteiger partial charge on any atom is -0.267 e. The maximum atomic E-state index is 12.6. The number of nitrogens with zero attached hydrogens (tertiary/aromatic N) is 2. The van der Waals surface area contributed by atoms with Gasteiger partial charge in [0.25, 0.3) is 5.91 Å². The van der Waals surface area contributed by atoms with Gasteiger partial charge in [-0.1, -0.05) is 6.07 Å². The quantitative estimate of drug-likeness (QED) is 0.796. The molecule has 0 spiro atoms. The van der Waals surface area contributed by atoms with Gasteiger partial charge in [0, 0.05) is 11.3 Å². The van der Waals surface area contributed by atoms with E-state index >= 15 is 0 Å². The van der Waals surface area contributed by atoms with Gasteiger partial charge in [-0.05, 0) is 38.1 Å². The molecule has 0 N–H and O–H groups in total. The van der Waals surface area contributed by atoms with Crippen LogP contribution in [0.4, 0.5) is 13.2 Å². The Morgan fingerprint density at radius 1 is 1.21 bits per heavy atom. The van der Waals surface area contributed by atoms with Crippen LogP contribution in [0.15, 0.2) is 30.3 Å². The van der Waals surface area contributed by atoms with Crippen molar-refractivity contribution >= 4 is 5.91 Å². The summed E-state index contributed by atoms with van der Waals surface area (Å²) in [4.78, 5) is 12.1. The van der Waals surface area contributed by atoms with Crippen molar-refractivity contribution in [3.8, 4) is 0 Å². The standard InChI is InChI=1S/C13H11F3N2O/c1-8-6-9(2)18(17-8)12(19)10-4-3-5-11(7-10)13(14,15)16/h3-7H,1-2H3. The molecule has 0 aliphatic carbocycles. The molecule has 0 saturated carbocycles. The number of aryl methyl sites for hydroxylation is 2. The number of hydrogen-bond acceptors (Lipinski definition) is 2. The Balaban J connectivity index is 2.43. The first-order valence-electron chi connectivity index (χ1n) is 5.54. The highest BCUT2D eigenvalue weighted by atomic mass is 19.4. The second-order valence-corrected chi connectivity index (χ2v) is 4.22. The zero-order valence-electron chi connectivity index (χ0n) is 10.3. The molecule has 0 aliphatic heterocycles. The number of hydrogen-bond donors (Lipinski definition) is 0. The van der Waals surface area contributed by atoms with Crippen molar-refractivity contribution in [2.75, 3.05) is 0 Å². The third kappa shape index (κ3) is 2.67. The van der Waals surface area contributed by atoms with Gasteiger partial charge in [-0.25, -0.2) is 4.68 Å². The molecule has 1 aromatic heterocycles. The van der Waals surface area contributed by atoms with Crippen LogP contribution >= 0.6 is 0 Å². The van der Waals surface area contributed by atoms with Crippen LogP contribution < -0.4 is 0 Å². The van der Waals surface area contributed by atoms with Crippen LogP contribution in [0.25, 0.3) is 0 Å². The number of carbonyl (C=O) groups excluding carboxylic acids is 1. The lowest BCUT2D eigenvalue weighted by Crippen LogP contribution is -2.16. The first-order chi connectivity index (χ1) is 8.79. The van der Waals surface area contributed by atoms with Crippen LogP contribution in [0.1, 0.15) is 27.3 Å². The van der Waals surface area contributed by atoms with E-state index in [0.29, 0.717) is 11.4 Å². The molecule has 0 amide bonds. The molecule has 0 unspecified atom stereocenters. The van der Waals surface area contributed by atoms with Crippen molar-refractivity contribution in [3.63, 3.8) is 0 Å². The fourth-order valence-corrected chi connectivity index (χ4v) is 1.79. The largest absolute Gasteiger partial charge is 0.416 e. The van der Waals surface area contributed by atoms with E-state index in [1.165, 1.54) is 12.1 Å². The molecular formula is C13H11F3N2O. The number of benzene rings is 1. The number of halogens is 3. The molecule has 2 aromatic rings. The average molecular weight is 268 g/mol. The van der Waals surface area contributed by atoms with Crippen LogP contribution in [-0.4, -0.2) is 15.7 Å².